The Bertz CT molecular complexity index is 369. The van der Waals surface area contributed by atoms with E-state index in [1.807, 2.05) is 0 Å². The van der Waals surface area contributed by atoms with Gasteiger partial charge in [0.2, 0.25) is 5.89 Å². The summed E-state index contributed by atoms with van der Waals surface area (Å²) in [6.45, 7) is 4.61. The molecule has 1 saturated heterocycles. The van der Waals surface area contributed by atoms with Crippen LogP contribution in [0.3, 0.4) is 0 Å². The van der Waals surface area contributed by atoms with Gasteiger partial charge in [-0.1, -0.05) is 24.9 Å². The molecule has 0 aliphatic carbocycles. The maximum absolute atomic E-state index is 5.67. The van der Waals surface area contributed by atoms with Gasteiger partial charge in [-0.2, -0.15) is 4.98 Å². The molecule has 0 spiro atoms. The van der Waals surface area contributed by atoms with Crippen molar-refractivity contribution in [1.82, 2.24) is 10.1 Å². The van der Waals surface area contributed by atoms with Gasteiger partial charge in [0, 0.05) is 25.6 Å². The lowest BCUT2D eigenvalue weighted by Gasteiger charge is -2.18. The minimum atomic E-state index is 0.414. The van der Waals surface area contributed by atoms with Crippen molar-refractivity contribution >= 4 is 0 Å². The Hall–Kier alpha value is -0.940. The Balaban J connectivity index is 1.82. The summed E-state index contributed by atoms with van der Waals surface area (Å²) in [5, 5.41) is 4.14. The first-order valence-electron chi connectivity index (χ1n) is 7.93. The lowest BCUT2D eigenvalue weighted by molar-refractivity contribution is 0.0830. The van der Waals surface area contributed by atoms with Gasteiger partial charge in [0.25, 0.3) is 0 Å². The van der Waals surface area contributed by atoms with Gasteiger partial charge >= 0.3 is 0 Å². The second-order valence-electron chi connectivity index (χ2n) is 5.70. The van der Waals surface area contributed by atoms with Crippen molar-refractivity contribution in [2.75, 3.05) is 19.8 Å². The normalized spacial score (nSPS) is 18.3. The average Bonchev–Trinajstić information content (AvgIpc) is 2.95. The van der Waals surface area contributed by atoms with E-state index < -0.39 is 0 Å². The Morgan fingerprint density at radius 1 is 1.25 bits per heavy atom. The van der Waals surface area contributed by atoms with Crippen LogP contribution in [-0.2, 0) is 11.2 Å². The highest BCUT2D eigenvalue weighted by atomic mass is 16.5. The second-order valence-corrected chi connectivity index (χ2v) is 5.70. The molecule has 1 unspecified atom stereocenters. The molecule has 1 aliphatic heterocycles. The highest BCUT2D eigenvalue weighted by Gasteiger charge is 2.21. The summed E-state index contributed by atoms with van der Waals surface area (Å²) in [6, 6.07) is 0. The molecule has 2 rings (SSSR count). The van der Waals surface area contributed by atoms with Crippen LogP contribution >= 0.6 is 0 Å². The Labute approximate surface area is 121 Å². The summed E-state index contributed by atoms with van der Waals surface area (Å²) >= 11 is 0. The van der Waals surface area contributed by atoms with E-state index in [0.717, 1.165) is 63.6 Å². The van der Waals surface area contributed by atoms with E-state index in [9.17, 15) is 0 Å². The quantitative estimate of drug-likeness (QED) is 0.793. The zero-order chi connectivity index (χ0) is 14.2. The minimum Gasteiger partial charge on any atom is -0.381 e. The largest absolute Gasteiger partial charge is 0.381 e. The molecular formula is C15H27N3O2. The molecule has 0 amide bonds. The van der Waals surface area contributed by atoms with Crippen molar-refractivity contribution in [3.8, 4) is 0 Å². The monoisotopic (exact) mass is 281 g/mol. The summed E-state index contributed by atoms with van der Waals surface area (Å²) in [4.78, 5) is 4.56. The molecule has 5 nitrogen and oxygen atoms in total. The molecule has 1 fully saturated rings. The fraction of sp³-hybridized carbons (Fsp3) is 0.867. The predicted octanol–water partition coefficient (Wildman–Crippen LogP) is 2.66. The van der Waals surface area contributed by atoms with Gasteiger partial charge in [-0.25, -0.2) is 0 Å². The molecule has 2 heterocycles. The third kappa shape index (κ3) is 4.56. The van der Waals surface area contributed by atoms with Gasteiger partial charge in [0.1, 0.15) is 0 Å². The van der Waals surface area contributed by atoms with Gasteiger partial charge in [0.05, 0.1) is 0 Å². The highest BCUT2D eigenvalue weighted by Crippen LogP contribution is 2.25. The molecule has 0 aromatic carbocycles. The van der Waals surface area contributed by atoms with Gasteiger partial charge in [-0.15, -0.1) is 0 Å². The van der Waals surface area contributed by atoms with Crippen molar-refractivity contribution in [3.63, 3.8) is 0 Å². The highest BCUT2D eigenvalue weighted by molar-refractivity contribution is 4.96. The summed E-state index contributed by atoms with van der Waals surface area (Å²) < 4.78 is 10.8. The van der Waals surface area contributed by atoms with E-state index in [0.29, 0.717) is 11.8 Å². The van der Waals surface area contributed by atoms with Crippen LogP contribution in [0, 0.1) is 5.92 Å². The smallest absolute Gasteiger partial charge is 0.226 e. The maximum Gasteiger partial charge on any atom is 0.226 e. The molecule has 114 valence electrons. The number of nitrogens with zero attached hydrogens (tertiary/aromatic N) is 2. The van der Waals surface area contributed by atoms with Crippen LogP contribution in [0.1, 0.15) is 63.1 Å². The third-order valence-electron chi connectivity index (χ3n) is 4.11. The molecule has 1 aromatic heterocycles. The van der Waals surface area contributed by atoms with Crippen molar-refractivity contribution in [1.29, 1.82) is 0 Å². The molecule has 2 N–H and O–H groups in total. The van der Waals surface area contributed by atoms with Crippen LogP contribution in [0.5, 0.6) is 0 Å². The van der Waals surface area contributed by atoms with Gasteiger partial charge in [-0.05, 0) is 38.1 Å². The lowest BCUT2D eigenvalue weighted by Crippen LogP contribution is -2.15. The van der Waals surface area contributed by atoms with Crippen molar-refractivity contribution in [2.45, 2.75) is 57.8 Å². The molecule has 1 aromatic rings. The maximum atomic E-state index is 5.67. The second kappa shape index (κ2) is 8.37. The molecule has 1 atom stereocenters. The van der Waals surface area contributed by atoms with Crippen LogP contribution in [0.4, 0.5) is 0 Å². The lowest BCUT2D eigenvalue weighted by atomic mass is 9.94. The summed E-state index contributed by atoms with van der Waals surface area (Å²) in [5.41, 5.74) is 5.67. The Morgan fingerprint density at radius 2 is 2.05 bits per heavy atom. The summed E-state index contributed by atoms with van der Waals surface area (Å²) in [5.74, 6) is 2.75. The van der Waals surface area contributed by atoms with Crippen molar-refractivity contribution in [2.24, 2.45) is 11.7 Å². The predicted molar refractivity (Wildman–Crippen MR) is 77.5 cm³/mol. The number of hydrogen-bond donors (Lipinski definition) is 1. The fourth-order valence-corrected chi connectivity index (χ4v) is 2.90. The van der Waals surface area contributed by atoms with Crippen LogP contribution < -0.4 is 5.73 Å². The molecule has 1 aliphatic rings. The first kappa shape index (κ1) is 15.4. The number of hydrogen-bond acceptors (Lipinski definition) is 5. The molecule has 5 heteroatoms. The Kier molecular flexibility index (Phi) is 6.47. The Morgan fingerprint density at radius 3 is 2.75 bits per heavy atom. The van der Waals surface area contributed by atoms with E-state index >= 15 is 0 Å². The van der Waals surface area contributed by atoms with E-state index in [1.54, 1.807) is 0 Å². The van der Waals surface area contributed by atoms with E-state index in [4.69, 9.17) is 15.0 Å². The standard InChI is InChI=1S/C15H27N3O2/c1-2-3-12(6-9-16)4-5-14-17-15(18-20-14)13-7-10-19-11-8-13/h12-13H,2-11,16H2,1H3. The number of rotatable bonds is 8. The van der Waals surface area contributed by atoms with Crippen LogP contribution in [0.2, 0.25) is 0 Å². The van der Waals surface area contributed by atoms with Crippen LogP contribution in [0.15, 0.2) is 4.52 Å². The van der Waals surface area contributed by atoms with E-state index in [-0.39, 0.29) is 0 Å². The number of aromatic nitrogens is 2. The molecule has 0 bridgehead atoms. The first-order chi connectivity index (χ1) is 9.83. The number of nitrogens with two attached hydrogens (primary N) is 1. The zero-order valence-electron chi connectivity index (χ0n) is 12.5. The SMILES string of the molecule is CCCC(CCN)CCc1nc(C2CCOCC2)no1. The summed E-state index contributed by atoms with van der Waals surface area (Å²) in [6.07, 6.45) is 7.52. The molecular weight excluding hydrogens is 254 g/mol. The number of ether oxygens (including phenoxy) is 1. The minimum absolute atomic E-state index is 0.414. The number of aryl methyl sites for hydroxylation is 1. The molecule has 0 radical (unpaired) electrons. The molecule has 20 heavy (non-hydrogen) atoms. The van der Waals surface area contributed by atoms with Gasteiger partial charge in [0.15, 0.2) is 5.82 Å². The fourth-order valence-electron chi connectivity index (χ4n) is 2.90. The van der Waals surface area contributed by atoms with Gasteiger partial charge in [-0.3, -0.25) is 0 Å². The summed E-state index contributed by atoms with van der Waals surface area (Å²) in [7, 11) is 0. The van der Waals surface area contributed by atoms with Crippen molar-refractivity contribution in [3.05, 3.63) is 11.7 Å². The first-order valence-corrected chi connectivity index (χ1v) is 7.93. The van der Waals surface area contributed by atoms with Crippen LogP contribution in [0.25, 0.3) is 0 Å². The molecule has 0 saturated carbocycles. The van der Waals surface area contributed by atoms with Crippen molar-refractivity contribution < 1.29 is 9.26 Å². The zero-order valence-corrected chi connectivity index (χ0v) is 12.5. The van der Waals surface area contributed by atoms with Gasteiger partial charge < -0.3 is 15.0 Å². The topological polar surface area (TPSA) is 74.2 Å². The average molecular weight is 281 g/mol. The third-order valence-corrected chi connectivity index (χ3v) is 4.11. The van der Waals surface area contributed by atoms with Crippen LogP contribution in [-0.4, -0.2) is 29.9 Å². The van der Waals surface area contributed by atoms with E-state index in [1.165, 1.54) is 12.8 Å². The van der Waals surface area contributed by atoms with E-state index in [2.05, 4.69) is 17.1 Å².